The first kappa shape index (κ1) is 20.7. The number of hydrogen-bond donors (Lipinski definition) is 1. The summed E-state index contributed by atoms with van der Waals surface area (Å²) < 4.78 is 6.46. The highest BCUT2D eigenvalue weighted by Crippen LogP contribution is 2.46. The van der Waals surface area contributed by atoms with Gasteiger partial charge >= 0.3 is 5.97 Å². The van der Waals surface area contributed by atoms with Gasteiger partial charge in [0.05, 0.1) is 17.2 Å². The SMILES string of the molecule is C[C@H]1CC2(CCN(C[C@@H](O)c3ccc(-n4cnnn4)nc3)CC2)C(=O)N1C1=CC(=O)OC1. The number of nitrogens with zero attached hydrogens (tertiary/aromatic N) is 7. The van der Waals surface area contributed by atoms with Crippen molar-refractivity contribution in [3.8, 4) is 5.82 Å². The van der Waals surface area contributed by atoms with Crippen LogP contribution in [0.1, 0.15) is 37.9 Å². The zero-order valence-electron chi connectivity index (χ0n) is 17.8. The maximum absolute atomic E-state index is 13.3. The zero-order chi connectivity index (χ0) is 22.3. The number of hydrogen-bond acceptors (Lipinski definition) is 9. The smallest absolute Gasteiger partial charge is 0.333 e. The van der Waals surface area contributed by atoms with E-state index in [2.05, 4.69) is 25.4 Å². The Morgan fingerprint density at radius 2 is 2.09 bits per heavy atom. The molecule has 0 aliphatic carbocycles. The van der Waals surface area contributed by atoms with Gasteiger partial charge in [0.25, 0.3) is 0 Å². The van der Waals surface area contributed by atoms with E-state index in [4.69, 9.17) is 4.74 Å². The van der Waals surface area contributed by atoms with Crippen LogP contribution in [0.3, 0.4) is 0 Å². The number of rotatable bonds is 5. The van der Waals surface area contributed by atoms with Crippen molar-refractivity contribution < 1.29 is 19.4 Å². The Balaban J connectivity index is 1.19. The summed E-state index contributed by atoms with van der Waals surface area (Å²) in [7, 11) is 0. The zero-order valence-corrected chi connectivity index (χ0v) is 17.8. The van der Waals surface area contributed by atoms with Crippen LogP contribution in [0.4, 0.5) is 0 Å². The summed E-state index contributed by atoms with van der Waals surface area (Å²) in [6, 6.07) is 3.63. The minimum Gasteiger partial charge on any atom is -0.456 e. The Labute approximate surface area is 184 Å². The van der Waals surface area contributed by atoms with Crippen LogP contribution in [0.25, 0.3) is 5.82 Å². The number of β-amino-alcohol motifs (C(OH)–C–C–N with tert-alkyl or cyclic N) is 1. The molecule has 3 aliphatic rings. The van der Waals surface area contributed by atoms with E-state index < -0.39 is 11.5 Å². The molecule has 5 rings (SSSR count). The maximum atomic E-state index is 13.3. The van der Waals surface area contributed by atoms with Crippen LogP contribution in [0, 0.1) is 5.41 Å². The first-order valence-corrected chi connectivity index (χ1v) is 10.8. The summed E-state index contributed by atoms with van der Waals surface area (Å²) in [5, 5.41) is 21.7. The molecular formula is C21H25N7O4. The second-order valence-electron chi connectivity index (χ2n) is 8.77. The fourth-order valence-electron chi connectivity index (χ4n) is 5.04. The molecule has 0 saturated carbocycles. The van der Waals surface area contributed by atoms with Crippen LogP contribution in [-0.2, 0) is 14.3 Å². The lowest BCUT2D eigenvalue weighted by atomic mass is 9.76. The van der Waals surface area contributed by atoms with Gasteiger partial charge in [-0.25, -0.2) is 9.78 Å². The molecule has 32 heavy (non-hydrogen) atoms. The average Bonchev–Trinajstić information content (AvgIpc) is 3.52. The second-order valence-corrected chi connectivity index (χ2v) is 8.77. The fraction of sp³-hybridized carbons (Fsp3) is 0.524. The number of esters is 1. The van der Waals surface area contributed by atoms with Gasteiger partial charge in [-0.2, -0.15) is 4.68 Å². The van der Waals surface area contributed by atoms with Crippen LogP contribution >= 0.6 is 0 Å². The van der Waals surface area contributed by atoms with Gasteiger partial charge in [-0.05, 0) is 55.8 Å². The van der Waals surface area contributed by atoms with Crippen molar-refractivity contribution in [2.45, 2.75) is 38.3 Å². The number of tetrazole rings is 1. The van der Waals surface area contributed by atoms with Crippen molar-refractivity contribution in [1.82, 2.24) is 35.0 Å². The number of aliphatic hydroxyl groups is 1. The minimum absolute atomic E-state index is 0.0464. The van der Waals surface area contributed by atoms with Crippen molar-refractivity contribution in [3.05, 3.63) is 42.0 Å². The van der Waals surface area contributed by atoms with Crippen LogP contribution < -0.4 is 0 Å². The van der Waals surface area contributed by atoms with Crippen LogP contribution in [-0.4, -0.2) is 84.3 Å². The maximum Gasteiger partial charge on any atom is 0.333 e. The van der Waals surface area contributed by atoms with E-state index in [9.17, 15) is 14.7 Å². The number of aliphatic hydroxyl groups excluding tert-OH is 1. The monoisotopic (exact) mass is 439 g/mol. The molecule has 2 aromatic heterocycles. The number of carbonyl (C=O) groups excluding carboxylic acids is 2. The minimum atomic E-state index is -0.680. The molecule has 2 atom stereocenters. The van der Waals surface area contributed by atoms with Gasteiger partial charge in [0.2, 0.25) is 5.91 Å². The molecule has 11 heteroatoms. The van der Waals surface area contributed by atoms with Crippen LogP contribution in [0.5, 0.6) is 0 Å². The standard InChI is InChI=1S/C21H25N7O4/c1-14-9-21(20(31)28(14)16-8-19(30)32-12-16)4-6-26(7-5-21)11-17(29)15-2-3-18(22-10-15)27-13-23-24-25-27/h2-3,8,10,13-14,17,29H,4-7,9,11-12H2,1H3/t14-,17+/m0/s1. The van der Waals surface area contributed by atoms with E-state index in [0.717, 1.165) is 37.9 Å². The summed E-state index contributed by atoms with van der Waals surface area (Å²) in [5.41, 5.74) is 0.985. The quantitative estimate of drug-likeness (QED) is 0.652. The lowest BCUT2D eigenvalue weighted by Gasteiger charge is -2.38. The van der Waals surface area contributed by atoms with E-state index in [1.165, 1.54) is 17.1 Å². The number of carbonyl (C=O) groups is 2. The number of ether oxygens (including phenoxy) is 1. The van der Waals surface area contributed by atoms with E-state index in [1.807, 2.05) is 13.0 Å². The van der Waals surface area contributed by atoms with Gasteiger partial charge in [-0.15, -0.1) is 5.10 Å². The topological polar surface area (TPSA) is 127 Å². The highest BCUT2D eigenvalue weighted by molar-refractivity contribution is 5.91. The van der Waals surface area contributed by atoms with Gasteiger partial charge in [-0.1, -0.05) is 6.07 Å². The van der Waals surface area contributed by atoms with Gasteiger partial charge in [0.1, 0.15) is 12.9 Å². The summed E-state index contributed by atoms with van der Waals surface area (Å²) in [6.45, 7) is 4.13. The highest BCUT2D eigenvalue weighted by Gasteiger charge is 2.52. The van der Waals surface area contributed by atoms with Crippen molar-refractivity contribution in [2.24, 2.45) is 5.41 Å². The van der Waals surface area contributed by atoms with Gasteiger partial charge in [0.15, 0.2) is 5.82 Å². The fourth-order valence-corrected chi connectivity index (χ4v) is 5.04. The third-order valence-electron chi connectivity index (χ3n) is 6.74. The Hall–Kier alpha value is -3.18. The Morgan fingerprint density at radius 1 is 1.28 bits per heavy atom. The van der Waals surface area contributed by atoms with E-state index >= 15 is 0 Å². The summed E-state index contributed by atoms with van der Waals surface area (Å²) >= 11 is 0. The molecule has 168 valence electrons. The number of piperidine rings is 1. The normalized spacial score (nSPS) is 24.1. The van der Waals surface area contributed by atoms with Crippen molar-refractivity contribution >= 4 is 11.9 Å². The molecule has 0 bridgehead atoms. The molecule has 0 unspecified atom stereocenters. The predicted octanol–water partition coefficient (Wildman–Crippen LogP) is 0.234. The van der Waals surface area contributed by atoms with Gasteiger partial charge < -0.3 is 19.6 Å². The molecule has 1 spiro atoms. The summed E-state index contributed by atoms with van der Waals surface area (Å²) in [5.74, 6) is 0.288. The molecule has 0 radical (unpaired) electrons. The van der Waals surface area contributed by atoms with E-state index in [0.29, 0.717) is 18.1 Å². The molecule has 3 aliphatic heterocycles. The largest absolute Gasteiger partial charge is 0.456 e. The molecule has 1 N–H and O–H groups in total. The Kier molecular flexibility index (Phi) is 5.22. The molecule has 2 aromatic rings. The summed E-state index contributed by atoms with van der Waals surface area (Å²) in [6.07, 6.45) is 6.08. The summed E-state index contributed by atoms with van der Waals surface area (Å²) in [4.78, 5) is 33.0. The van der Waals surface area contributed by atoms with E-state index in [-0.39, 0.29) is 24.5 Å². The third kappa shape index (κ3) is 3.67. The number of likely N-dealkylation sites (tertiary alicyclic amines) is 2. The van der Waals surface area contributed by atoms with Crippen molar-refractivity contribution in [1.29, 1.82) is 0 Å². The number of aromatic nitrogens is 5. The number of pyridine rings is 1. The first-order valence-electron chi connectivity index (χ1n) is 10.8. The highest BCUT2D eigenvalue weighted by atomic mass is 16.5. The van der Waals surface area contributed by atoms with Crippen molar-refractivity contribution in [2.75, 3.05) is 26.2 Å². The number of cyclic esters (lactones) is 1. The van der Waals surface area contributed by atoms with Crippen molar-refractivity contribution in [3.63, 3.8) is 0 Å². The first-order chi connectivity index (χ1) is 15.4. The molecule has 5 heterocycles. The number of amides is 1. The Bertz CT molecular complexity index is 1030. The lowest BCUT2D eigenvalue weighted by Crippen LogP contribution is -2.45. The lowest BCUT2D eigenvalue weighted by molar-refractivity contribution is -0.139. The average molecular weight is 439 g/mol. The van der Waals surface area contributed by atoms with Gasteiger partial charge in [-0.3, -0.25) is 4.79 Å². The van der Waals surface area contributed by atoms with Crippen LogP contribution in [0.15, 0.2) is 36.4 Å². The predicted molar refractivity (Wildman–Crippen MR) is 110 cm³/mol. The molecule has 0 aromatic carbocycles. The molecule has 1 amide bonds. The molecule has 11 nitrogen and oxygen atoms in total. The van der Waals surface area contributed by atoms with Gasteiger partial charge in [0, 0.05) is 30.4 Å². The Morgan fingerprint density at radius 3 is 2.72 bits per heavy atom. The third-order valence-corrected chi connectivity index (χ3v) is 6.74. The molecule has 2 saturated heterocycles. The second kappa shape index (κ2) is 8.06. The molecular weight excluding hydrogens is 414 g/mol. The van der Waals surface area contributed by atoms with Crippen LogP contribution in [0.2, 0.25) is 0 Å². The van der Waals surface area contributed by atoms with E-state index in [1.54, 1.807) is 17.2 Å². The molecule has 2 fully saturated rings.